The van der Waals surface area contributed by atoms with E-state index in [4.69, 9.17) is 4.74 Å². The van der Waals surface area contributed by atoms with Crippen molar-refractivity contribution in [2.45, 2.75) is 57.6 Å². The minimum atomic E-state index is -1.12. The smallest absolute Gasteiger partial charge is 0.326 e. The molecule has 6 amide bonds. The van der Waals surface area contributed by atoms with Crippen LogP contribution in [0, 0.1) is 0 Å². The van der Waals surface area contributed by atoms with Crippen molar-refractivity contribution in [3.63, 3.8) is 0 Å². The fourth-order valence-corrected chi connectivity index (χ4v) is 3.09. The van der Waals surface area contributed by atoms with Crippen LogP contribution in [0.3, 0.4) is 0 Å². The largest absolute Gasteiger partial charge is 0.453 e. The lowest BCUT2D eigenvalue weighted by atomic mass is 10.2. The monoisotopic (exact) mass is 382 g/mol. The summed E-state index contributed by atoms with van der Waals surface area (Å²) in [4.78, 5) is 61.2. The maximum atomic E-state index is 11.9. The number of carbonyl (C=O) groups is 5. The summed E-state index contributed by atoms with van der Waals surface area (Å²) in [6.45, 7) is 1.52. The zero-order valence-corrected chi connectivity index (χ0v) is 15.7. The molecule has 2 aliphatic rings. The molecule has 150 valence electrons. The van der Waals surface area contributed by atoms with E-state index in [9.17, 15) is 24.0 Å². The zero-order valence-electron chi connectivity index (χ0n) is 15.7. The van der Waals surface area contributed by atoms with Crippen molar-refractivity contribution >= 4 is 29.8 Å². The first-order chi connectivity index (χ1) is 12.8. The van der Waals surface area contributed by atoms with Gasteiger partial charge in [-0.25, -0.2) is 9.59 Å². The molecule has 0 aromatic carbocycles. The molecule has 1 aliphatic heterocycles. The molecule has 0 aromatic rings. The number of urea groups is 2. The van der Waals surface area contributed by atoms with Crippen LogP contribution in [0.1, 0.15) is 45.4 Å². The maximum absolute atomic E-state index is 11.9. The van der Waals surface area contributed by atoms with Gasteiger partial charge in [-0.1, -0.05) is 12.8 Å². The molecule has 0 aromatic heterocycles. The van der Waals surface area contributed by atoms with Crippen LogP contribution in [0.25, 0.3) is 0 Å². The second-order valence-corrected chi connectivity index (χ2v) is 6.86. The van der Waals surface area contributed by atoms with E-state index in [0.717, 1.165) is 30.6 Å². The van der Waals surface area contributed by atoms with Crippen molar-refractivity contribution in [1.29, 1.82) is 0 Å². The van der Waals surface area contributed by atoms with Crippen LogP contribution in [0.4, 0.5) is 9.59 Å². The lowest BCUT2D eigenvalue weighted by Gasteiger charge is -2.16. The van der Waals surface area contributed by atoms with Gasteiger partial charge in [0, 0.05) is 26.1 Å². The zero-order chi connectivity index (χ0) is 20.0. The molecule has 2 rings (SSSR count). The molecule has 10 heteroatoms. The first-order valence-electron chi connectivity index (χ1n) is 9.14. The molecule has 0 bridgehead atoms. The predicted octanol–water partition coefficient (Wildman–Crippen LogP) is 0.361. The molecule has 1 heterocycles. The molecule has 1 saturated heterocycles. The molecule has 2 fully saturated rings. The predicted molar refractivity (Wildman–Crippen MR) is 93.5 cm³/mol. The average molecular weight is 382 g/mol. The number of imide groups is 2. The third-order valence-corrected chi connectivity index (χ3v) is 4.60. The van der Waals surface area contributed by atoms with E-state index in [1.807, 2.05) is 0 Å². The van der Waals surface area contributed by atoms with Crippen molar-refractivity contribution in [2.75, 3.05) is 20.1 Å². The van der Waals surface area contributed by atoms with Gasteiger partial charge in [0.1, 0.15) is 6.54 Å². The Morgan fingerprint density at radius 3 is 2.48 bits per heavy atom. The number of carbonyl (C=O) groups excluding carboxylic acids is 5. The Bertz CT molecular complexity index is 617. The second kappa shape index (κ2) is 9.33. The Morgan fingerprint density at radius 1 is 1.22 bits per heavy atom. The molecule has 1 saturated carbocycles. The van der Waals surface area contributed by atoms with Gasteiger partial charge in [0.25, 0.3) is 5.91 Å². The molecule has 0 spiro atoms. The molecular formula is C17H26N4O6. The molecule has 10 nitrogen and oxygen atoms in total. The van der Waals surface area contributed by atoms with Gasteiger partial charge in [-0.3, -0.25) is 24.6 Å². The Labute approximate surface area is 157 Å². The normalized spacial score (nSPS) is 18.6. The van der Waals surface area contributed by atoms with Gasteiger partial charge in [0.05, 0.1) is 0 Å². The Balaban J connectivity index is 1.65. The summed E-state index contributed by atoms with van der Waals surface area (Å²) in [5.41, 5.74) is 0. The molecule has 1 aliphatic carbocycles. The van der Waals surface area contributed by atoms with E-state index < -0.39 is 30.0 Å². The summed E-state index contributed by atoms with van der Waals surface area (Å²) < 4.78 is 4.99. The topological polar surface area (TPSA) is 125 Å². The summed E-state index contributed by atoms with van der Waals surface area (Å²) in [7, 11) is 1.53. The van der Waals surface area contributed by atoms with Crippen LogP contribution < -0.4 is 10.6 Å². The number of hydrogen-bond donors (Lipinski definition) is 2. The first-order valence-corrected chi connectivity index (χ1v) is 9.14. The van der Waals surface area contributed by atoms with Gasteiger partial charge in [-0.15, -0.1) is 0 Å². The molecule has 2 N–H and O–H groups in total. The summed E-state index contributed by atoms with van der Waals surface area (Å²) in [6, 6.07) is -0.912. The van der Waals surface area contributed by atoms with Crippen LogP contribution in [0.2, 0.25) is 0 Å². The Kier molecular flexibility index (Phi) is 7.14. The first kappa shape index (κ1) is 20.7. The van der Waals surface area contributed by atoms with Crippen LogP contribution in [0.5, 0.6) is 0 Å². The summed E-state index contributed by atoms with van der Waals surface area (Å²) in [6.07, 6.45) is 2.96. The van der Waals surface area contributed by atoms with Gasteiger partial charge in [0.15, 0.2) is 6.10 Å². The average Bonchev–Trinajstić information content (AvgIpc) is 3.18. The van der Waals surface area contributed by atoms with Crippen LogP contribution >= 0.6 is 0 Å². The number of rotatable bonds is 7. The van der Waals surface area contributed by atoms with E-state index >= 15 is 0 Å². The van der Waals surface area contributed by atoms with Crippen molar-refractivity contribution in [1.82, 2.24) is 20.4 Å². The number of nitrogens with zero attached hydrogens (tertiary/aromatic N) is 2. The Morgan fingerprint density at radius 2 is 1.89 bits per heavy atom. The number of likely N-dealkylation sites (N-methyl/N-ethyl adjacent to an activating group) is 1. The van der Waals surface area contributed by atoms with E-state index in [1.54, 1.807) is 0 Å². The SMILES string of the molecule is C[C@H](OC(=O)CCCN1C(=O)CN(C)C1=O)C(=O)NC(=O)NC1CCCC1. The third kappa shape index (κ3) is 5.93. The summed E-state index contributed by atoms with van der Waals surface area (Å²) in [5.74, 6) is -1.65. The van der Waals surface area contributed by atoms with Crippen LogP contribution in [0.15, 0.2) is 0 Å². The van der Waals surface area contributed by atoms with Gasteiger partial charge in [0.2, 0.25) is 5.91 Å². The standard InChI is InChI=1S/C17H26N4O6/c1-11(15(24)19-16(25)18-12-6-3-4-7-12)27-14(23)8-5-9-21-13(22)10-20(2)17(21)26/h11-12H,3-10H2,1-2H3,(H2,18,19,24,25)/t11-/m0/s1. The number of nitrogens with one attached hydrogen (secondary N) is 2. The molecule has 0 unspecified atom stereocenters. The van der Waals surface area contributed by atoms with Crippen molar-refractivity contribution in [3.8, 4) is 0 Å². The lowest BCUT2D eigenvalue weighted by molar-refractivity contribution is -0.154. The highest BCUT2D eigenvalue weighted by molar-refractivity contribution is 6.01. The summed E-state index contributed by atoms with van der Waals surface area (Å²) in [5, 5.41) is 4.87. The van der Waals surface area contributed by atoms with Gasteiger partial charge in [-0.05, 0) is 26.2 Å². The highest BCUT2D eigenvalue weighted by atomic mass is 16.5. The molecule has 1 atom stereocenters. The van der Waals surface area contributed by atoms with E-state index in [0.29, 0.717) is 0 Å². The Hall–Kier alpha value is -2.65. The van der Waals surface area contributed by atoms with Crippen molar-refractivity contribution < 1.29 is 28.7 Å². The second-order valence-electron chi connectivity index (χ2n) is 6.86. The number of ether oxygens (including phenoxy) is 1. The van der Waals surface area contributed by atoms with E-state index in [2.05, 4.69) is 10.6 Å². The minimum absolute atomic E-state index is 0.0312. The third-order valence-electron chi connectivity index (χ3n) is 4.60. The van der Waals surface area contributed by atoms with Crippen molar-refractivity contribution in [2.24, 2.45) is 0 Å². The lowest BCUT2D eigenvalue weighted by Crippen LogP contribution is -2.47. The minimum Gasteiger partial charge on any atom is -0.453 e. The fraction of sp³-hybridized carbons (Fsp3) is 0.706. The van der Waals surface area contributed by atoms with Crippen LogP contribution in [-0.4, -0.2) is 71.9 Å². The van der Waals surface area contributed by atoms with Gasteiger partial charge < -0.3 is 15.0 Å². The fourth-order valence-electron chi connectivity index (χ4n) is 3.09. The van der Waals surface area contributed by atoms with E-state index in [-0.39, 0.29) is 37.9 Å². The van der Waals surface area contributed by atoms with E-state index in [1.165, 1.54) is 18.9 Å². The summed E-state index contributed by atoms with van der Waals surface area (Å²) >= 11 is 0. The molecule has 0 radical (unpaired) electrons. The highest BCUT2D eigenvalue weighted by Gasteiger charge is 2.33. The number of esters is 1. The number of hydrogen-bond acceptors (Lipinski definition) is 6. The maximum Gasteiger partial charge on any atom is 0.326 e. The molecular weight excluding hydrogens is 356 g/mol. The quantitative estimate of drug-likeness (QED) is 0.484. The number of amides is 6. The van der Waals surface area contributed by atoms with Crippen molar-refractivity contribution in [3.05, 3.63) is 0 Å². The molecule has 27 heavy (non-hydrogen) atoms. The highest BCUT2D eigenvalue weighted by Crippen LogP contribution is 2.17. The van der Waals surface area contributed by atoms with Gasteiger partial charge in [-0.2, -0.15) is 0 Å². The van der Waals surface area contributed by atoms with Gasteiger partial charge >= 0.3 is 18.0 Å². The van der Waals surface area contributed by atoms with Crippen LogP contribution in [-0.2, 0) is 19.1 Å².